The number of hydrogen-bond acceptors (Lipinski definition) is 12. The monoisotopic (exact) mass is 906 g/mol. The highest BCUT2D eigenvalue weighted by molar-refractivity contribution is 5.74. The molecule has 0 saturated carbocycles. The molecule has 8 aromatic rings. The first-order chi connectivity index (χ1) is 32.8. The summed E-state index contributed by atoms with van der Waals surface area (Å²) >= 11 is 0. The zero-order valence-electron chi connectivity index (χ0n) is 35.8. The van der Waals surface area contributed by atoms with Crippen molar-refractivity contribution >= 4 is 12.2 Å². The van der Waals surface area contributed by atoms with E-state index in [2.05, 4.69) is 0 Å². The number of aromatic hydroxyl groups is 9. The quantitative estimate of drug-likeness (QED) is 0.0652. The third kappa shape index (κ3) is 7.47. The van der Waals surface area contributed by atoms with Gasteiger partial charge in [0.15, 0.2) is 11.5 Å². The van der Waals surface area contributed by atoms with E-state index in [1.54, 1.807) is 115 Å². The van der Waals surface area contributed by atoms with E-state index in [0.29, 0.717) is 56.0 Å². The van der Waals surface area contributed by atoms with Gasteiger partial charge in [-0.2, -0.15) is 0 Å². The van der Waals surface area contributed by atoms with Gasteiger partial charge in [-0.1, -0.05) is 60.7 Å². The minimum Gasteiger partial charge on any atom is -0.508 e. The molecule has 0 unspecified atom stereocenters. The first-order valence-corrected chi connectivity index (χ1v) is 21.8. The fourth-order valence-electron chi connectivity index (χ4n) is 10.1. The highest BCUT2D eigenvalue weighted by Gasteiger charge is 2.45. The maximum atomic E-state index is 11.4. The molecule has 12 nitrogen and oxygen atoms in total. The lowest BCUT2D eigenvalue weighted by molar-refractivity contribution is 0.215. The Balaban J connectivity index is 0.994. The Labute approximate surface area is 389 Å². The Bertz CT molecular complexity index is 3250. The third-order valence-corrected chi connectivity index (χ3v) is 13.0. The summed E-state index contributed by atoms with van der Waals surface area (Å²) in [5.41, 5.74) is 7.45. The number of phenolic OH excluding ortho intramolecular Hbond substituents is 9. The Kier molecular flexibility index (Phi) is 9.96. The molecular formula is C56H42O12. The van der Waals surface area contributed by atoms with Gasteiger partial charge in [0.25, 0.3) is 0 Å². The van der Waals surface area contributed by atoms with Gasteiger partial charge in [-0.3, -0.25) is 0 Å². The van der Waals surface area contributed by atoms with Crippen LogP contribution in [-0.2, 0) is 0 Å². The molecule has 11 rings (SSSR count). The van der Waals surface area contributed by atoms with Crippen LogP contribution in [0.5, 0.6) is 69.0 Å². The van der Waals surface area contributed by atoms with E-state index in [0.717, 1.165) is 16.7 Å². The molecular weight excluding hydrogens is 865 g/mol. The molecule has 3 aliphatic rings. The molecule has 8 aromatic carbocycles. The van der Waals surface area contributed by atoms with E-state index >= 15 is 0 Å². The molecule has 12 heteroatoms. The third-order valence-electron chi connectivity index (χ3n) is 13.0. The predicted molar refractivity (Wildman–Crippen MR) is 251 cm³/mol. The van der Waals surface area contributed by atoms with Crippen molar-refractivity contribution in [3.05, 3.63) is 213 Å². The first-order valence-electron chi connectivity index (χ1n) is 21.8. The summed E-state index contributed by atoms with van der Waals surface area (Å²) in [5.74, 6) is -1.02. The molecule has 0 spiro atoms. The maximum Gasteiger partial charge on any atom is 0.165 e. The van der Waals surface area contributed by atoms with Gasteiger partial charge >= 0.3 is 0 Å². The van der Waals surface area contributed by atoms with Crippen molar-refractivity contribution < 1.29 is 60.2 Å². The van der Waals surface area contributed by atoms with Crippen molar-refractivity contribution in [2.45, 2.75) is 36.1 Å². The summed E-state index contributed by atoms with van der Waals surface area (Å²) in [4.78, 5) is 0. The minimum absolute atomic E-state index is 0.0550. The highest BCUT2D eigenvalue weighted by atomic mass is 16.5. The number of fused-ring (bicyclic) bond motifs is 3. The highest BCUT2D eigenvalue weighted by Crippen LogP contribution is 2.59. The molecule has 0 amide bonds. The predicted octanol–water partition coefficient (Wildman–Crippen LogP) is 11.0. The Morgan fingerprint density at radius 3 is 1.34 bits per heavy atom. The van der Waals surface area contributed by atoms with Crippen molar-refractivity contribution in [3.63, 3.8) is 0 Å². The topological polar surface area (TPSA) is 210 Å². The van der Waals surface area contributed by atoms with Crippen LogP contribution in [-0.4, -0.2) is 46.0 Å². The Hall–Kier alpha value is -8.90. The molecule has 338 valence electrons. The van der Waals surface area contributed by atoms with Gasteiger partial charge in [-0.15, -0.1) is 0 Å². The normalized spacial score (nSPS) is 20.0. The van der Waals surface area contributed by atoms with E-state index in [1.165, 1.54) is 12.1 Å². The van der Waals surface area contributed by atoms with Crippen molar-refractivity contribution in [2.24, 2.45) is 0 Å². The Morgan fingerprint density at radius 1 is 0.309 bits per heavy atom. The van der Waals surface area contributed by atoms with Gasteiger partial charge in [0, 0.05) is 34.9 Å². The molecule has 0 fully saturated rings. The second-order valence-electron chi connectivity index (χ2n) is 17.4. The summed E-state index contributed by atoms with van der Waals surface area (Å²) in [6, 6.07) is 41.1. The average molecular weight is 907 g/mol. The molecule has 0 radical (unpaired) electrons. The lowest BCUT2D eigenvalue weighted by atomic mass is 9.76. The van der Waals surface area contributed by atoms with Gasteiger partial charge in [0.1, 0.15) is 75.8 Å². The van der Waals surface area contributed by atoms with Crippen LogP contribution in [0.25, 0.3) is 12.2 Å². The van der Waals surface area contributed by atoms with Crippen molar-refractivity contribution in [3.8, 4) is 69.0 Å². The fourth-order valence-corrected chi connectivity index (χ4v) is 10.1. The Morgan fingerprint density at radius 2 is 0.779 bits per heavy atom. The van der Waals surface area contributed by atoms with Crippen LogP contribution in [0.2, 0.25) is 0 Å². The number of rotatable bonds is 8. The van der Waals surface area contributed by atoms with Gasteiger partial charge in [0.2, 0.25) is 0 Å². The van der Waals surface area contributed by atoms with Crippen LogP contribution in [0.3, 0.4) is 0 Å². The van der Waals surface area contributed by atoms with Crippen LogP contribution in [0.4, 0.5) is 0 Å². The average Bonchev–Trinajstić information content (AvgIpc) is 4.00. The molecule has 3 heterocycles. The van der Waals surface area contributed by atoms with Gasteiger partial charge in [0.05, 0.1) is 17.8 Å². The molecule has 6 atom stereocenters. The van der Waals surface area contributed by atoms with Gasteiger partial charge in [-0.25, -0.2) is 0 Å². The molecule has 0 saturated heterocycles. The first kappa shape index (κ1) is 41.8. The van der Waals surface area contributed by atoms with Crippen LogP contribution < -0.4 is 14.2 Å². The van der Waals surface area contributed by atoms with Crippen molar-refractivity contribution in [1.29, 1.82) is 0 Å². The second-order valence-corrected chi connectivity index (χ2v) is 17.4. The molecule has 3 aliphatic heterocycles. The summed E-state index contributed by atoms with van der Waals surface area (Å²) in [5, 5.41) is 95.7. The van der Waals surface area contributed by atoms with E-state index in [4.69, 9.17) is 14.2 Å². The van der Waals surface area contributed by atoms with E-state index in [-0.39, 0.29) is 57.5 Å². The second kappa shape index (κ2) is 16.2. The van der Waals surface area contributed by atoms with Gasteiger partial charge < -0.3 is 60.2 Å². The number of phenols is 9. The van der Waals surface area contributed by atoms with E-state index < -0.39 is 36.1 Å². The van der Waals surface area contributed by atoms with Crippen molar-refractivity contribution in [2.75, 3.05) is 0 Å². The lowest BCUT2D eigenvalue weighted by Crippen LogP contribution is -2.16. The van der Waals surface area contributed by atoms with Crippen LogP contribution in [0.1, 0.15) is 97.3 Å². The summed E-state index contributed by atoms with van der Waals surface area (Å²) in [7, 11) is 0. The molecule has 9 N–H and O–H groups in total. The smallest absolute Gasteiger partial charge is 0.165 e. The number of ether oxygens (including phenoxy) is 3. The lowest BCUT2D eigenvalue weighted by Gasteiger charge is -2.25. The molecule has 0 aromatic heterocycles. The SMILES string of the molecule is Oc1ccc([C@H]2Oc3c(O)cc(C=Cc4ccc5c(c4)O[C@@H](c4ccc(O)cc4)[C@@H]5c4cc(O)cc5c4[C@H](c4cc(O)cc(O)c4)[C@@H](c4ccc(O)cc4)O5)cc3[C@@H]2c2cc(O)cc(O)c2)cc1. The summed E-state index contributed by atoms with van der Waals surface area (Å²) < 4.78 is 19.9. The largest absolute Gasteiger partial charge is 0.508 e. The molecule has 0 aliphatic carbocycles. The van der Waals surface area contributed by atoms with Crippen LogP contribution >= 0.6 is 0 Å². The van der Waals surface area contributed by atoms with Crippen LogP contribution in [0.15, 0.2) is 152 Å². The standard InChI is InChI=1S/C56H42O12/c57-35-10-4-30(5-11-35)53-49(33-20-38(60)24-39(61)21-33)45-17-29(18-46(65)56(45)68-53)2-1-28-3-16-43-47(19-28)66-55(32-8-14-37(59)15-9-32)51(43)44-26-42(64)27-48-52(44)50(34-22-40(62)25-41(63)23-34)54(67-48)31-6-12-36(58)13-7-31/h1-27,49-51,53-55,57-65H/t49-,50-,51-,53+,54+,55-/m0/s1. The molecule has 0 bridgehead atoms. The summed E-state index contributed by atoms with van der Waals surface area (Å²) in [6.07, 6.45) is 1.70. The van der Waals surface area contributed by atoms with Crippen molar-refractivity contribution in [1.82, 2.24) is 0 Å². The van der Waals surface area contributed by atoms with E-state index in [9.17, 15) is 46.0 Å². The number of hydrogen-bond donors (Lipinski definition) is 9. The molecule has 68 heavy (non-hydrogen) atoms. The fraction of sp³-hybridized carbons (Fsp3) is 0.107. The number of benzene rings is 8. The van der Waals surface area contributed by atoms with Crippen LogP contribution in [0, 0.1) is 0 Å². The zero-order chi connectivity index (χ0) is 47.0. The summed E-state index contributed by atoms with van der Waals surface area (Å²) in [6.45, 7) is 0. The zero-order valence-corrected chi connectivity index (χ0v) is 35.8. The van der Waals surface area contributed by atoms with E-state index in [1.807, 2.05) is 36.4 Å². The van der Waals surface area contributed by atoms with Gasteiger partial charge in [-0.05, 0) is 129 Å². The maximum absolute atomic E-state index is 11.4. The minimum atomic E-state index is -0.694.